The van der Waals surface area contributed by atoms with Crippen molar-refractivity contribution in [3.63, 3.8) is 0 Å². The molecule has 1 aliphatic heterocycles. The molecule has 1 aromatic rings. The van der Waals surface area contributed by atoms with Crippen molar-refractivity contribution in [2.45, 2.75) is 17.7 Å². The number of aromatic carboxylic acids is 1. The SMILES string of the molecule is Cl.O=C(O)c1cccc(NC(=O)C2C[C@H](S)CN2)c1. The van der Waals surface area contributed by atoms with Crippen molar-refractivity contribution in [3.05, 3.63) is 29.8 Å². The van der Waals surface area contributed by atoms with Gasteiger partial charge >= 0.3 is 5.97 Å². The summed E-state index contributed by atoms with van der Waals surface area (Å²) in [5, 5.41) is 14.8. The number of anilines is 1. The fraction of sp³-hybridized carbons (Fsp3) is 0.333. The minimum absolute atomic E-state index is 0. The van der Waals surface area contributed by atoms with Gasteiger partial charge in [-0.1, -0.05) is 6.07 Å². The molecule has 1 heterocycles. The maximum absolute atomic E-state index is 11.9. The first kappa shape index (κ1) is 15.8. The number of rotatable bonds is 3. The van der Waals surface area contributed by atoms with Crippen LogP contribution in [0.2, 0.25) is 0 Å². The number of hydrogen-bond acceptors (Lipinski definition) is 4. The molecule has 1 unspecified atom stereocenters. The van der Waals surface area contributed by atoms with Crippen molar-refractivity contribution in [1.29, 1.82) is 0 Å². The zero-order valence-electron chi connectivity index (χ0n) is 10.00. The van der Waals surface area contributed by atoms with Crippen LogP contribution in [0.25, 0.3) is 0 Å². The Labute approximate surface area is 122 Å². The minimum atomic E-state index is -1.01. The molecule has 19 heavy (non-hydrogen) atoms. The number of carboxylic acid groups (broad SMARTS) is 1. The first-order chi connectivity index (χ1) is 8.56. The molecular formula is C12H15ClN2O3S. The normalized spacial score (nSPS) is 21.5. The summed E-state index contributed by atoms with van der Waals surface area (Å²) >= 11 is 4.30. The van der Waals surface area contributed by atoms with Gasteiger partial charge in [-0.3, -0.25) is 4.79 Å². The van der Waals surface area contributed by atoms with E-state index in [1.165, 1.54) is 12.1 Å². The molecule has 1 aliphatic rings. The molecule has 104 valence electrons. The molecule has 1 fully saturated rings. The van der Waals surface area contributed by atoms with Crippen molar-refractivity contribution in [3.8, 4) is 0 Å². The lowest BCUT2D eigenvalue weighted by molar-refractivity contribution is -0.117. The van der Waals surface area contributed by atoms with Gasteiger partial charge in [-0.15, -0.1) is 12.4 Å². The van der Waals surface area contributed by atoms with Crippen LogP contribution >= 0.6 is 25.0 Å². The summed E-state index contributed by atoms with van der Waals surface area (Å²) in [5.74, 6) is -1.17. The lowest BCUT2D eigenvalue weighted by Gasteiger charge is -2.11. The van der Waals surface area contributed by atoms with Gasteiger partial charge in [0.15, 0.2) is 0 Å². The summed E-state index contributed by atoms with van der Waals surface area (Å²) in [6.07, 6.45) is 0.674. The molecule has 0 radical (unpaired) electrons. The Kier molecular flexibility index (Phi) is 5.65. The van der Waals surface area contributed by atoms with Gasteiger partial charge in [0.05, 0.1) is 11.6 Å². The van der Waals surface area contributed by atoms with E-state index in [-0.39, 0.29) is 35.2 Å². The lowest BCUT2D eigenvalue weighted by Crippen LogP contribution is -2.35. The second kappa shape index (κ2) is 6.79. The average Bonchev–Trinajstić information content (AvgIpc) is 2.76. The maximum atomic E-state index is 11.9. The molecule has 0 aliphatic carbocycles. The number of benzene rings is 1. The highest BCUT2D eigenvalue weighted by Crippen LogP contribution is 2.15. The van der Waals surface area contributed by atoms with Crippen LogP contribution in [0.1, 0.15) is 16.8 Å². The summed E-state index contributed by atoms with van der Waals surface area (Å²) in [4.78, 5) is 22.7. The van der Waals surface area contributed by atoms with Gasteiger partial charge in [0, 0.05) is 17.5 Å². The van der Waals surface area contributed by atoms with Gasteiger partial charge in [-0.2, -0.15) is 12.6 Å². The van der Waals surface area contributed by atoms with E-state index in [0.717, 1.165) is 0 Å². The quantitative estimate of drug-likeness (QED) is 0.637. The van der Waals surface area contributed by atoms with Crippen LogP contribution in [0.3, 0.4) is 0 Å². The molecule has 0 saturated carbocycles. The van der Waals surface area contributed by atoms with E-state index in [1.807, 2.05) is 0 Å². The Balaban J connectivity index is 0.00000180. The van der Waals surface area contributed by atoms with Crippen LogP contribution in [0.4, 0.5) is 5.69 Å². The van der Waals surface area contributed by atoms with Crippen LogP contribution in [0, 0.1) is 0 Å². The van der Waals surface area contributed by atoms with Crippen molar-refractivity contribution in [2.75, 3.05) is 11.9 Å². The summed E-state index contributed by atoms with van der Waals surface area (Å²) in [7, 11) is 0. The predicted molar refractivity (Wildman–Crippen MR) is 78.5 cm³/mol. The number of carbonyl (C=O) groups is 2. The largest absolute Gasteiger partial charge is 0.478 e. The second-order valence-electron chi connectivity index (χ2n) is 4.23. The molecule has 2 atom stereocenters. The number of carboxylic acids is 1. The van der Waals surface area contributed by atoms with E-state index in [9.17, 15) is 9.59 Å². The third-order valence-electron chi connectivity index (χ3n) is 2.80. The molecule has 0 bridgehead atoms. The number of hydrogen-bond donors (Lipinski definition) is 4. The summed E-state index contributed by atoms with van der Waals surface area (Å²) in [5.41, 5.74) is 0.642. The van der Waals surface area contributed by atoms with Crippen molar-refractivity contribution in [1.82, 2.24) is 5.32 Å². The zero-order chi connectivity index (χ0) is 13.1. The topological polar surface area (TPSA) is 78.4 Å². The van der Waals surface area contributed by atoms with Gasteiger partial charge in [0.1, 0.15) is 0 Å². The highest BCUT2D eigenvalue weighted by atomic mass is 35.5. The Bertz CT molecular complexity index is 484. The molecule has 0 spiro atoms. The molecule has 1 amide bonds. The number of thiol groups is 1. The fourth-order valence-electron chi connectivity index (χ4n) is 1.88. The third-order valence-corrected chi connectivity index (χ3v) is 3.19. The van der Waals surface area contributed by atoms with Crippen molar-refractivity contribution in [2.24, 2.45) is 0 Å². The fourth-order valence-corrected chi connectivity index (χ4v) is 2.19. The third kappa shape index (κ3) is 4.12. The molecule has 5 nitrogen and oxygen atoms in total. The maximum Gasteiger partial charge on any atom is 0.335 e. The number of carbonyl (C=O) groups excluding carboxylic acids is 1. The Morgan fingerprint density at radius 1 is 1.42 bits per heavy atom. The number of amides is 1. The molecule has 1 saturated heterocycles. The molecular weight excluding hydrogens is 288 g/mol. The van der Waals surface area contributed by atoms with Gasteiger partial charge in [-0.05, 0) is 24.6 Å². The molecule has 0 aromatic heterocycles. The molecule has 7 heteroatoms. The summed E-state index contributed by atoms with van der Waals surface area (Å²) in [6, 6.07) is 5.92. The van der Waals surface area contributed by atoms with E-state index < -0.39 is 5.97 Å². The second-order valence-corrected chi connectivity index (χ2v) is 4.96. The monoisotopic (exact) mass is 302 g/mol. The standard InChI is InChI=1S/C12H14N2O3S.ClH/c15-11(10-5-9(18)6-13-10)14-8-3-1-2-7(4-8)12(16)17;/h1-4,9-10,13,18H,5-6H2,(H,14,15)(H,16,17);1H/t9-,10?;/m0./s1. The van der Waals surface area contributed by atoms with E-state index in [2.05, 4.69) is 23.3 Å². The van der Waals surface area contributed by atoms with E-state index in [1.54, 1.807) is 12.1 Å². The lowest BCUT2D eigenvalue weighted by atomic mass is 10.2. The Hall–Kier alpha value is -1.24. The summed E-state index contributed by atoms with van der Waals surface area (Å²) < 4.78 is 0. The van der Waals surface area contributed by atoms with E-state index >= 15 is 0 Å². The van der Waals surface area contributed by atoms with Gasteiger partial charge in [-0.25, -0.2) is 4.79 Å². The van der Waals surface area contributed by atoms with Gasteiger partial charge in [0.2, 0.25) is 5.91 Å². The number of nitrogens with one attached hydrogen (secondary N) is 2. The van der Waals surface area contributed by atoms with Crippen LogP contribution in [-0.4, -0.2) is 34.8 Å². The van der Waals surface area contributed by atoms with Crippen LogP contribution < -0.4 is 10.6 Å². The van der Waals surface area contributed by atoms with E-state index in [4.69, 9.17) is 5.11 Å². The van der Waals surface area contributed by atoms with Crippen molar-refractivity contribution >= 4 is 42.6 Å². The predicted octanol–water partition coefficient (Wildman–Crippen LogP) is 1.41. The van der Waals surface area contributed by atoms with Gasteiger partial charge < -0.3 is 15.7 Å². The zero-order valence-corrected chi connectivity index (χ0v) is 11.7. The average molecular weight is 303 g/mol. The van der Waals surface area contributed by atoms with Crippen LogP contribution in [0.15, 0.2) is 24.3 Å². The van der Waals surface area contributed by atoms with E-state index in [0.29, 0.717) is 18.7 Å². The minimum Gasteiger partial charge on any atom is -0.478 e. The first-order valence-electron chi connectivity index (χ1n) is 5.62. The Morgan fingerprint density at radius 2 is 2.16 bits per heavy atom. The molecule has 3 N–H and O–H groups in total. The molecule has 2 rings (SSSR count). The highest BCUT2D eigenvalue weighted by Gasteiger charge is 2.27. The van der Waals surface area contributed by atoms with Crippen LogP contribution in [0.5, 0.6) is 0 Å². The highest BCUT2D eigenvalue weighted by molar-refractivity contribution is 7.81. The smallest absolute Gasteiger partial charge is 0.335 e. The van der Waals surface area contributed by atoms with Gasteiger partial charge in [0.25, 0.3) is 0 Å². The van der Waals surface area contributed by atoms with Crippen LogP contribution in [-0.2, 0) is 4.79 Å². The first-order valence-corrected chi connectivity index (χ1v) is 6.13. The summed E-state index contributed by atoms with van der Waals surface area (Å²) in [6.45, 7) is 0.705. The Morgan fingerprint density at radius 3 is 2.74 bits per heavy atom. The molecule has 1 aromatic carbocycles. The van der Waals surface area contributed by atoms with Crippen molar-refractivity contribution < 1.29 is 14.7 Å². The number of halogens is 1.